The molecule has 29 heavy (non-hydrogen) atoms. The molecule has 0 aliphatic rings. The lowest BCUT2D eigenvalue weighted by molar-refractivity contribution is 0.0530. The lowest BCUT2D eigenvalue weighted by Crippen LogP contribution is -2.33. The Kier molecular flexibility index (Phi) is 10.8. The molecule has 0 aromatic carbocycles. The van der Waals surface area contributed by atoms with Crippen LogP contribution in [0.1, 0.15) is 43.4 Å². The molecule has 1 aromatic rings. The Morgan fingerprint density at radius 3 is 2.66 bits per heavy atom. The first-order chi connectivity index (χ1) is 13.8. The van der Waals surface area contributed by atoms with E-state index in [2.05, 4.69) is 20.0 Å². The van der Waals surface area contributed by atoms with Gasteiger partial charge < -0.3 is 20.5 Å². The summed E-state index contributed by atoms with van der Waals surface area (Å²) in [5.74, 6) is 1.23. The van der Waals surface area contributed by atoms with Gasteiger partial charge in [-0.15, -0.1) is 0 Å². The second-order valence-electron chi connectivity index (χ2n) is 6.95. The van der Waals surface area contributed by atoms with Gasteiger partial charge in [-0.1, -0.05) is 6.07 Å². The third-order valence-corrected chi connectivity index (χ3v) is 4.41. The van der Waals surface area contributed by atoms with Gasteiger partial charge in [0.25, 0.3) is 0 Å². The molecule has 0 fully saturated rings. The average Bonchev–Trinajstić information content (AvgIpc) is 2.67. The number of rotatable bonds is 10. The number of esters is 1. The van der Waals surface area contributed by atoms with Gasteiger partial charge in [-0.3, -0.25) is 4.99 Å². The number of amides is 1. The molecule has 3 N–H and O–H groups in total. The number of hydrogen-bond donors (Lipinski definition) is 2. The Labute approximate surface area is 176 Å². The largest absolute Gasteiger partial charge is 0.464 e. The fourth-order valence-electron chi connectivity index (χ4n) is 2.07. The summed E-state index contributed by atoms with van der Waals surface area (Å²) in [6.07, 6.45) is 3.55. The molecule has 160 valence electrons. The van der Waals surface area contributed by atoms with Crippen LogP contribution >= 0.6 is 11.8 Å². The Bertz CT molecular complexity index is 729. The number of aromatic nitrogens is 1. The third kappa shape index (κ3) is 10.5. The molecule has 0 bridgehead atoms. The van der Waals surface area contributed by atoms with Crippen molar-refractivity contribution in [2.45, 2.75) is 32.8 Å². The smallest absolute Gasteiger partial charge is 0.407 e. The lowest BCUT2D eigenvalue weighted by atomic mass is 10.2. The Morgan fingerprint density at radius 1 is 1.28 bits per heavy atom. The number of alkyl carbamates (subject to hydrolysis) is 1. The van der Waals surface area contributed by atoms with Gasteiger partial charge in [-0.05, 0) is 45.1 Å². The standard InChI is InChI=1S/C20H30N4O4S/c1-20(2,3)28-19(26)23-10-12-29-11-6-9-22-14-15(13-21)16-7-5-8-17(24-16)18(25)27-4/h5,7-8,13-14H,6,9-12,21H2,1-4H3,(H,23,26). The number of ether oxygens (including phenoxy) is 2. The number of nitrogens with two attached hydrogens (primary N) is 1. The van der Waals surface area contributed by atoms with Crippen LogP contribution in [0.3, 0.4) is 0 Å². The highest BCUT2D eigenvalue weighted by Crippen LogP contribution is 2.11. The van der Waals surface area contributed by atoms with Crippen LogP contribution in [0.25, 0.3) is 5.57 Å². The van der Waals surface area contributed by atoms with E-state index >= 15 is 0 Å². The van der Waals surface area contributed by atoms with Crippen molar-refractivity contribution >= 4 is 35.6 Å². The van der Waals surface area contributed by atoms with Crippen molar-refractivity contribution in [1.29, 1.82) is 0 Å². The topological polar surface area (TPSA) is 116 Å². The Hall–Kier alpha value is -2.55. The molecular weight excluding hydrogens is 392 g/mol. The summed E-state index contributed by atoms with van der Waals surface area (Å²) in [5.41, 5.74) is 6.58. The van der Waals surface area contributed by atoms with E-state index in [9.17, 15) is 9.59 Å². The van der Waals surface area contributed by atoms with Crippen molar-refractivity contribution in [2.75, 3.05) is 31.7 Å². The predicted molar refractivity (Wildman–Crippen MR) is 117 cm³/mol. The van der Waals surface area contributed by atoms with E-state index in [1.54, 1.807) is 36.2 Å². The highest BCUT2D eigenvalue weighted by Gasteiger charge is 2.15. The number of allylic oxidation sites excluding steroid dienone is 1. The highest BCUT2D eigenvalue weighted by atomic mass is 32.2. The minimum atomic E-state index is -0.502. The minimum Gasteiger partial charge on any atom is -0.464 e. The number of methoxy groups -OCH3 is 1. The predicted octanol–water partition coefficient (Wildman–Crippen LogP) is 2.89. The van der Waals surface area contributed by atoms with Crippen LogP contribution < -0.4 is 11.1 Å². The number of aliphatic imine (C=N–C) groups is 1. The normalized spacial score (nSPS) is 12.1. The molecule has 8 nitrogen and oxygen atoms in total. The van der Waals surface area contributed by atoms with Crippen LogP contribution in [0, 0.1) is 0 Å². The van der Waals surface area contributed by atoms with Gasteiger partial charge in [-0.2, -0.15) is 11.8 Å². The second-order valence-corrected chi connectivity index (χ2v) is 8.18. The highest BCUT2D eigenvalue weighted by molar-refractivity contribution is 7.99. The van der Waals surface area contributed by atoms with E-state index < -0.39 is 17.7 Å². The van der Waals surface area contributed by atoms with E-state index in [0.717, 1.165) is 17.9 Å². The van der Waals surface area contributed by atoms with Crippen molar-refractivity contribution in [2.24, 2.45) is 10.7 Å². The van der Waals surface area contributed by atoms with Crippen molar-refractivity contribution in [1.82, 2.24) is 10.3 Å². The molecule has 0 radical (unpaired) electrons. The van der Waals surface area contributed by atoms with Gasteiger partial charge in [-0.25, -0.2) is 14.6 Å². The molecule has 1 aromatic heterocycles. The van der Waals surface area contributed by atoms with Gasteiger partial charge in [0.15, 0.2) is 0 Å². The monoisotopic (exact) mass is 422 g/mol. The molecule has 0 aliphatic heterocycles. The molecule has 9 heteroatoms. The summed E-state index contributed by atoms with van der Waals surface area (Å²) in [4.78, 5) is 31.7. The number of pyridine rings is 1. The van der Waals surface area contributed by atoms with Gasteiger partial charge in [0.05, 0.1) is 12.8 Å². The summed E-state index contributed by atoms with van der Waals surface area (Å²) in [5, 5.41) is 2.73. The zero-order valence-electron chi connectivity index (χ0n) is 17.4. The number of nitrogens with one attached hydrogen (secondary N) is 1. The molecule has 0 spiro atoms. The van der Waals surface area contributed by atoms with E-state index in [1.165, 1.54) is 13.3 Å². The van der Waals surface area contributed by atoms with Gasteiger partial charge in [0, 0.05) is 36.8 Å². The third-order valence-electron chi connectivity index (χ3n) is 3.34. The molecule has 0 saturated heterocycles. The maximum atomic E-state index is 11.6. The summed E-state index contributed by atoms with van der Waals surface area (Å²) >= 11 is 1.73. The zero-order chi connectivity index (χ0) is 21.7. The SMILES string of the molecule is COC(=O)c1cccc(C(C=NCCCSCCNC(=O)OC(C)(C)C)=CN)n1. The molecule has 0 saturated carbocycles. The van der Waals surface area contributed by atoms with Crippen molar-refractivity contribution in [3.63, 3.8) is 0 Å². The second kappa shape index (κ2) is 12.8. The van der Waals surface area contributed by atoms with Crippen LogP contribution in [0.5, 0.6) is 0 Å². The molecule has 1 heterocycles. The molecule has 0 aliphatic carbocycles. The van der Waals surface area contributed by atoms with Crippen LogP contribution in [0.15, 0.2) is 29.4 Å². The van der Waals surface area contributed by atoms with E-state index in [1.807, 2.05) is 20.8 Å². The van der Waals surface area contributed by atoms with Crippen LogP contribution in [-0.2, 0) is 9.47 Å². The van der Waals surface area contributed by atoms with Crippen LogP contribution in [-0.4, -0.2) is 60.6 Å². The number of thioether (sulfide) groups is 1. The fraction of sp³-hybridized carbons (Fsp3) is 0.500. The zero-order valence-corrected chi connectivity index (χ0v) is 18.3. The first-order valence-electron chi connectivity index (χ1n) is 9.29. The Balaban J connectivity index is 2.28. The van der Waals surface area contributed by atoms with Crippen molar-refractivity contribution in [3.05, 3.63) is 35.8 Å². The van der Waals surface area contributed by atoms with Crippen molar-refractivity contribution in [3.8, 4) is 0 Å². The average molecular weight is 423 g/mol. The lowest BCUT2D eigenvalue weighted by Gasteiger charge is -2.19. The van der Waals surface area contributed by atoms with Crippen LogP contribution in [0.2, 0.25) is 0 Å². The van der Waals surface area contributed by atoms with E-state index in [4.69, 9.17) is 10.5 Å². The first-order valence-corrected chi connectivity index (χ1v) is 10.4. The number of carbonyl (C=O) groups excluding carboxylic acids is 2. The number of hydrogen-bond acceptors (Lipinski definition) is 8. The fourth-order valence-corrected chi connectivity index (χ4v) is 2.85. The maximum absolute atomic E-state index is 11.6. The molecule has 0 atom stereocenters. The maximum Gasteiger partial charge on any atom is 0.407 e. The quantitative estimate of drug-likeness (QED) is 0.338. The van der Waals surface area contributed by atoms with Crippen LogP contribution in [0.4, 0.5) is 4.79 Å². The Morgan fingerprint density at radius 2 is 2.00 bits per heavy atom. The summed E-state index contributed by atoms with van der Waals surface area (Å²) in [7, 11) is 1.31. The summed E-state index contributed by atoms with van der Waals surface area (Å²) < 4.78 is 9.84. The number of nitrogens with zero attached hydrogens (tertiary/aromatic N) is 2. The van der Waals surface area contributed by atoms with E-state index in [0.29, 0.717) is 24.4 Å². The molecule has 0 unspecified atom stereocenters. The minimum absolute atomic E-state index is 0.217. The summed E-state index contributed by atoms with van der Waals surface area (Å²) in [6, 6.07) is 5.05. The molecule has 1 rings (SSSR count). The van der Waals surface area contributed by atoms with Crippen molar-refractivity contribution < 1.29 is 19.1 Å². The molecular formula is C20H30N4O4S. The van der Waals surface area contributed by atoms with Gasteiger partial charge >= 0.3 is 12.1 Å². The van der Waals surface area contributed by atoms with Gasteiger partial charge in [0.1, 0.15) is 11.3 Å². The van der Waals surface area contributed by atoms with E-state index in [-0.39, 0.29) is 5.69 Å². The molecule has 1 amide bonds. The van der Waals surface area contributed by atoms with Gasteiger partial charge in [0.2, 0.25) is 0 Å². The first kappa shape index (κ1) is 24.5. The summed E-state index contributed by atoms with van der Waals surface area (Å²) in [6.45, 7) is 6.70. The number of carbonyl (C=O) groups is 2.